The van der Waals surface area contributed by atoms with Crippen LogP contribution in [-0.4, -0.2) is 105 Å². The van der Waals surface area contributed by atoms with Gasteiger partial charge in [-0.15, -0.1) is 6.42 Å². The number of terminal acetylenes is 1. The van der Waals surface area contributed by atoms with Gasteiger partial charge in [0.25, 0.3) is 0 Å². The number of benzene rings is 1. The molecule has 1 heterocycles. The predicted molar refractivity (Wildman–Crippen MR) is 235 cm³/mol. The van der Waals surface area contributed by atoms with Crippen molar-refractivity contribution in [3.8, 4) is 12.3 Å². The number of esters is 3. The molecule has 0 spiro atoms. The largest absolute Gasteiger partial charge is 0.456 e. The Labute approximate surface area is 374 Å². The lowest BCUT2D eigenvalue weighted by Crippen LogP contribution is -2.80. The van der Waals surface area contributed by atoms with Gasteiger partial charge in [0.05, 0.1) is 30.8 Å². The third kappa shape index (κ3) is 8.53. The second kappa shape index (κ2) is 19.5. The van der Waals surface area contributed by atoms with Crippen LogP contribution in [0.25, 0.3) is 0 Å². The van der Waals surface area contributed by atoms with Crippen molar-refractivity contribution in [1.29, 1.82) is 0 Å². The molecule has 64 heavy (non-hydrogen) atoms. The fourth-order valence-electron chi connectivity index (χ4n) is 10.7. The number of carbonyl (C=O) groups excluding carboxylic acids is 5. The summed E-state index contributed by atoms with van der Waals surface area (Å²) in [4.78, 5) is 71.9. The first-order valence-corrected chi connectivity index (χ1v) is 21.3. The molecular formula is C50H61NO13. The Hall–Kier alpha value is -5.27. The lowest BCUT2D eigenvalue weighted by molar-refractivity contribution is -0.334. The van der Waals surface area contributed by atoms with Crippen LogP contribution in [0.15, 0.2) is 102 Å². The third-order valence-corrected chi connectivity index (χ3v) is 14.1. The minimum atomic E-state index is -2.07. The molecule has 3 unspecified atom stereocenters. The van der Waals surface area contributed by atoms with Crippen LogP contribution in [0.4, 0.5) is 0 Å². The molecule has 2 bridgehead atoms. The molecule has 3 aliphatic carbocycles. The first kappa shape index (κ1) is 49.7. The van der Waals surface area contributed by atoms with E-state index >= 15 is 9.59 Å². The molecule has 1 aromatic rings. The predicted octanol–water partition coefficient (Wildman–Crippen LogP) is 4.25. The van der Waals surface area contributed by atoms with E-state index < -0.39 is 113 Å². The van der Waals surface area contributed by atoms with E-state index in [9.17, 15) is 34.8 Å². The lowest BCUT2D eigenvalue weighted by Gasteiger charge is -2.69. The molecule has 1 aromatic carbocycles. The van der Waals surface area contributed by atoms with Crippen molar-refractivity contribution in [1.82, 2.24) is 5.32 Å². The average molecular weight is 884 g/mol. The molecule has 14 heteroatoms. The van der Waals surface area contributed by atoms with Crippen molar-refractivity contribution in [2.75, 3.05) is 13.2 Å². The first-order chi connectivity index (χ1) is 30.1. The summed E-state index contributed by atoms with van der Waals surface area (Å²) in [6.45, 7) is 14.6. The molecule has 1 aliphatic heterocycles. The zero-order valence-electron chi connectivity index (χ0n) is 37.7. The zero-order valence-corrected chi connectivity index (χ0v) is 37.7. The highest BCUT2D eigenvalue weighted by atomic mass is 16.6. The Morgan fingerprint density at radius 2 is 1.70 bits per heavy atom. The number of Topliss-reactive ketones (excluding diaryl/α,β-unsaturated/α-hetero) is 2. The number of nitrogens with one attached hydrogen (secondary N) is 1. The van der Waals surface area contributed by atoms with Gasteiger partial charge in [-0.05, 0) is 67.9 Å². The second-order valence-electron chi connectivity index (χ2n) is 17.9. The number of carbonyl (C=O) groups is 5. The standard InChI is InChI=1S/C50H61NO13/c1-11-14-17-20-28(4)40(56)38-43-48(10,35(55)24-36-50(43,27-61-36)64-31(7)54)44(58)42(62-30(6)53)37-29(5)34(25-49(38,26-52)47(37,8)9)63-46(60)41(57)39(32(13-3)21-15-12-2)51-45(59)33-22-18-16-19-23-33/h3,11-12,14-23,34-36,38-39,41-43,45,51-52,55,57,59H,1,24-27H2,2,4-10H3/b15-12-,17-14-,28-20+,32-21+/t34-,35-,36+,38-,39-,41+,42+,43-,45?,48?,49?,50-/m0/s1. The molecule has 0 amide bonds. The van der Waals surface area contributed by atoms with Crippen molar-refractivity contribution in [2.45, 2.75) is 117 Å². The van der Waals surface area contributed by atoms with Gasteiger partial charge in [0.1, 0.15) is 18.4 Å². The van der Waals surface area contributed by atoms with Gasteiger partial charge in [-0.3, -0.25) is 24.5 Å². The van der Waals surface area contributed by atoms with Crippen LogP contribution < -0.4 is 5.32 Å². The number of fused-ring (bicyclic) bond motifs is 5. The van der Waals surface area contributed by atoms with Gasteiger partial charge in [-0.1, -0.05) is 93.1 Å². The van der Waals surface area contributed by atoms with Crippen LogP contribution in [0.1, 0.15) is 80.0 Å². The fraction of sp³-hybridized carbons (Fsp3) is 0.500. The third-order valence-electron chi connectivity index (χ3n) is 14.1. The molecule has 1 saturated heterocycles. The first-order valence-electron chi connectivity index (χ1n) is 21.3. The SMILES string of the molecule is C#C/C(=C\C=C/C)[C@H](NC(O)c1ccccc1)[C@@H](O)C(=O)O[C@H]1CC2(CO)[C@@H](C(=O)/C(C)=C/C=C\C=C)[C@H]3C(C)(C(=O)[C@H](OC(C)=O)C(=C1C)C2(C)C)[C@@H](O)C[C@H]1OC[C@]13OC(C)=O. The van der Waals surface area contributed by atoms with Gasteiger partial charge in [0.15, 0.2) is 29.4 Å². The molecule has 14 nitrogen and oxygen atoms in total. The topological polar surface area (TPSA) is 215 Å². The van der Waals surface area contributed by atoms with Gasteiger partial charge >= 0.3 is 17.9 Å². The van der Waals surface area contributed by atoms with Crippen molar-refractivity contribution in [2.24, 2.45) is 28.1 Å². The maximum Gasteiger partial charge on any atom is 0.337 e. The highest BCUT2D eigenvalue weighted by Gasteiger charge is 2.78. The van der Waals surface area contributed by atoms with Crippen molar-refractivity contribution >= 4 is 29.5 Å². The Morgan fingerprint density at radius 3 is 2.25 bits per heavy atom. The minimum Gasteiger partial charge on any atom is -0.456 e. The molecule has 5 rings (SSSR count). The number of rotatable bonds is 15. The zero-order chi connectivity index (χ0) is 47.5. The quantitative estimate of drug-likeness (QED) is 0.0317. The normalized spacial score (nSPS) is 32.7. The molecule has 344 valence electrons. The molecule has 3 fully saturated rings. The molecule has 12 atom stereocenters. The molecule has 4 aliphatic rings. The minimum absolute atomic E-state index is 0.0801. The van der Waals surface area contributed by atoms with Crippen LogP contribution >= 0.6 is 0 Å². The van der Waals surface area contributed by atoms with E-state index in [4.69, 9.17) is 25.4 Å². The Morgan fingerprint density at radius 1 is 1.03 bits per heavy atom. The summed E-state index contributed by atoms with van der Waals surface area (Å²) in [7, 11) is 0. The monoisotopic (exact) mass is 883 g/mol. The van der Waals surface area contributed by atoms with Crippen LogP contribution in [0, 0.1) is 40.4 Å². The maximum absolute atomic E-state index is 15.6. The Kier molecular flexibility index (Phi) is 15.1. The van der Waals surface area contributed by atoms with Gasteiger partial charge in [0, 0.05) is 43.1 Å². The lowest BCUT2D eigenvalue weighted by atomic mass is 9.38. The summed E-state index contributed by atoms with van der Waals surface area (Å²) in [6, 6.07) is 6.99. The smallest absolute Gasteiger partial charge is 0.337 e. The van der Waals surface area contributed by atoms with E-state index in [1.807, 2.05) is 0 Å². The van der Waals surface area contributed by atoms with Crippen LogP contribution in [-0.2, 0) is 42.9 Å². The highest BCUT2D eigenvalue weighted by molar-refractivity contribution is 6.01. The highest BCUT2D eigenvalue weighted by Crippen LogP contribution is 2.69. The summed E-state index contributed by atoms with van der Waals surface area (Å²) < 4.78 is 24.3. The molecule has 2 saturated carbocycles. The van der Waals surface area contributed by atoms with Gasteiger partial charge in [-0.2, -0.15) is 0 Å². The van der Waals surface area contributed by atoms with Crippen LogP contribution in [0.2, 0.25) is 0 Å². The number of aliphatic hydroxyl groups excluding tert-OH is 4. The van der Waals surface area contributed by atoms with Crippen molar-refractivity contribution in [3.05, 3.63) is 107 Å². The number of aliphatic hydroxyl groups is 4. The van der Waals surface area contributed by atoms with Crippen LogP contribution in [0.3, 0.4) is 0 Å². The summed E-state index contributed by atoms with van der Waals surface area (Å²) in [6.07, 6.45) is 7.21. The summed E-state index contributed by atoms with van der Waals surface area (Å²) in [5, 5.41) is 50.3. The van der Waals surface area contributed by atoms with Crippen LogP contribution in [0.5, 0.6) is 0 Å². The number of ketones is 2. The van der Waals surface area contributed by atoms with Gasteiger partial charge in [0.2, 0.25) is 0 Å². The van der Waals surface area contributed by atoms with E-state index in [2.05, 4.69) is 17.8 Å². The average Bonchev–Trinajstić information content (AvgIpc) is 3.25. The van der Waals surface area contributed by atoms with E-state index in [1.54, 1.807) is 89.3 Å². The molecule has 5 N–H and O–H groups in total. The summed E-state index contributed by atoms with van der Waals surface area (Å²) in [5.74, 6) is -4.67. The van der Waals surface area contributed by atoms with Crippen molar-refractivity contribution in [3.63, 3.8) is 0 Å². The van der Waals surface area contributed by atoms with Gasteiger partial charge in [-0.25, -0.2) is 4.79 Å². The van der Waals surface area contributed by atoms with Gasteiger partial charge < -0.3 is 39.4 Å². The maximum atomic E-state index is 15.6. The van der Waals surface area contributed by atoms with E-state index in [0.29, 0.717) is 5.56 Å². The summed E-state index contributed by atoms with van der Waals surface area (Å²) >= 11 is 0. The second-order valence-corrected chi connectivity index (χ2v) is 17.9. The molecule has 0 aromatic heterocycles. The number of allylic oxidation sites excluding steroid dienone is 8. The van der Waals surface area contributed by atoms with E-state index in [1.165, 1.54) is 32.1 Å². The molecule has 0 radical (unpaired) electrons. The number of hydrogen-bond donors (Lipinski definition) is 5. The Bertz CT molecular complexity index is 2210. The number of hydrogen-bond acceptors (Lipinski definition) is 14. The fourth-order valence-corrected chi connectivity index (χ4v) is 10.7. The Balaban J connectivity index is 1.79. The van der Waals surface area contributed by atoms with Crippen molar-refractivity contribution < 1.29 is 63.3 Å². The molecular weight excluding hydrogens is 823 g/mol. The van der Waals surface area contributed by atoms with E-state index in [-0.39, 0.29) is 41.7 Å². The summed E-state index contributed by atoms with van der Waals surface area (Å²) in [5.41, 5.74) is -5.92. The number of ether oxygens (including phenoxy) is 4. The van der Waals surface area contributed by atoms with E-state index in [0.717, 1.165) is 6.92 Å².